The topological polar surface area (TPSA) is 84.0 Å². The van der Waals surface area contributed by atoms with Gasteiger partial charge in [0, 0.05) is 49.9 Å². The summed E-state index contributed by atoms with van der Waals surface area (Å²) < 4.78 is 11.9. The maximum atomic E-state index is 12.1. The van der Waals surface area contributed by atoms with Gasteiger partial charge in [-0.15, -0.1) is 0 Å². The third-order valence-corrected chi connectivity index (χ3v) is 4.69. The van der Waals surface area contributed by atoms with Crippen molar-refractivity contribution in [2.75, 3.05) is 45.3 Å². The Labute approximate surface area is 169 Å². The van der Waals surface area contributed by atoms with Crippen LogP contribution in [0.1, 0.15) is 24.8 Å². The van der Waals surface area contributed by atoms with Crippen LogP contribution in [0.2, 0.25) is 0 Å². The number of amides is 1. The van der Waals surface area contributed by atoms with Gasteiger partial charge in [0.05, 0.1) is 12.7 Å². The molecular formula is C19H29BrN4O3. The number of benzene rings is 1. The number of aliphatic imine (C=N–C) groups is 1. The summed E-state index contributed by atoms with van der Waals surface area (Å²) in [6.45, 7) is 5.44. The maximum absolute atomic E-state index is 12.1. The molecule has 1 aromatic rings. The normalized spacial score (nSPS) is 17.0. The number of rotatable bonds is 9. The van der Waals surface area contributed by atoms with Crippen LogP contribution in [0.3, 0.4) is 0 Å². The van der Waals surface area contributed by atoms with Gasteiger partial charge in [-0.2, -0.15) is 0 Å². The molecule has 2 rings (SSSR count). The van der Waals surface area contributed by atoms with Gasteiger partial charge in [0.25, 0.3) is 0 Å². The largest absolute Gasteiger partial charge is 0.379 e. The Kier molecular flexibility index (Phi) is 9.58. The Balaban J connectivity index is 1.58. The lowest BCUT2D eigenvalue weighted by Crippen LogP contribution is -2.39. The molecule has 1 unspecified atom stereocenters. The van der Waals surface area contributed by atoms with Crippen LogP contribution < -0.4 is 16.0 Å². The molecule has 0 aromatic heterocycles. The minimum Gasteiger partial charge on any atom is -0.379 e. The highest BCUT2D eigenvalue weighted by Gasteiger charge is 2.15. The Morgan fingerprint density at radius 1 is 1.37 bits per heavy atom. The van der Waals surface area contributed by atoms with Gasteiger partial charge in [0.2, 0.25) is 5.91 Å². The second-order valence-corrected chi connectivity index (χ2v) is 7.31. The highest BCUT2D eigenvalue weighted by atomic mass is 79.9. The van der Waals surface area contributed by atoms with Crippen LogP contribution in [0.25, 0.3) is 0 Å². The predicted octanol–water partition coefficient (Wildman–Crippen LogP) is 2.45. The molecule has 0 bridgehead atoms. The van der Waals surface area contributed by atoms with Crippen molar-refractivity contribution in [2.45, 2.75) is 32.3 Å². The second-order valence-electron chi connectivity index (χ2n) is 6.39. The zero-order chi connectivity index (χ0) is 19.5. The van der Waals surface area contributed by atoms with Crippen molar-refractivity contribution in [1.29, 1.82) is 0 Å². The average molecular weight is 441 g/mol. The van der Waals surface area contributed by atoms with E-state index in [4.69, 9.17) is 9.47 Å². The molecule has 1 atom stereocenters. The second kappa shape index (κ2) is 11.9. The lowest BCUT2D eigenvalue weighted by molar-refractivity contribution is -0.116. The van der Waals surface area contributed by atoms with Gasteiger partial charge in [0.15, 0.2) is 5.96 Å². The van der Waals surface area contributed by atoms with Gasteiger partial charge in [-0.25, -0.2) is 0 Å². The minimum atomic E-state index is -0.0358. The molecule has 1 aliphatic heterocycles. The molecular weight excluding hydrogens is 412 g/mol. The molecule has 1 saturated heterocycles. The van der Waals surface area contributed by atoms with Gasteiger partial charge < -0.3 is 25.4 Å². The Hall–Kier alpha value is -1.64. The summed E-state index contributed by atoms with van der Waals surface area (Å²) in [4.78, 5) is 16.3. The van der Waals surface area contributed by atoms with Crippen LogP contribution in [-0.4, -0.2) is 57.9 Å². The fraction of sp³-hybridized carbons (Fsp3) is 0.579. The van der Waals surface area contributed by atoms with E-state index in [1.54, 1.807) is 7.05 Å². The molecule has 1 fully saturated rings. The van der Waals surface area contributed by atoms with Crippen molar-refractivity contribution in [1.82, 2.24) is 10.6 Å². The number of hydrogen-bond acceptors (Lipinski definition) is 4. The fourth-order valence-corrected chi connectivity index (χ4v) is 2.99. The number of aryl methyl sites for hydroxylation is 1. The molecule has 3 N–H and O–H groups in total. The summed E-state index contributed by atoms with van der Waals surface area (Å²) in [5.74, 6) is 0.650. The molecule has 0 saturated carbocycles. The van der Waals surface area contributed by atoms with Crippen molar-refractivity contribution >= 4 is 33.5 Å². The summed E-state index contributed by atoms with van der Waals surface area (Å²) in [5.41, 5.74) is 1.85. The smallest absolute Gasteiger partial charge is 0.226 e. The summed E-state index contributed by atoms with van der Waals surface area (Å²) in [7, 11) is 1.71. The van der Waals surface area contributed by atoms with Gasteiger partial charge in [0.1, 0.15) is 0 Å². The number of carbonyl (C=O) groups excluding carboxylic acids is 1. The number of hydrogen-bond donors (Lipinski definition) is 3. The number of anilines is 1. The highest BCUT2D eigenvalue weighted by molar-refractivity contribution is 9.10. The van der Waals surface area contributed by atoms with Crippen LogP contribution >= 0.6 is 15.9 Å². The van der Waals surface area contributed by atoms with Crippen molar-refractivity contribution in [2.24, 2.45) is 4.99 Å². The lowest BCUT2D eigenvalue weighted by atomic mass is 10.2. The third kappa shape index (κ3) is 8.28. The summed E-state index contributed by atoms with van der Waals surface area (Å²) in [5, 5.41) is 9.31. The van der Waals surface area contributed by atoms with E-state index in [0.29, 0.717) is 32.1 Å². The van der Waals surface area contributed by atoms with E-state index >= 15 is 0 Å². The number of halogens is 1. The molecule has 0 aliphatic carbocycles. The number of ether oxygens (including phenoxy) is 2. The molecule has 1 amide bonds. The molecule has 0 spiro atoms. The van der Waals surface area contributed by atoms with Crippen molar-refractivity contribution < 1.29 is 14.3 Å². The van der Waals surface area contributed by atoms with Gasteiger partial charge in [-0.3, -0.25) is 9.79 Å². The molecule has 8 heteroatoms. The standard InChI is InChI=1S/C19H29BrN4O3/c1-14-4-5-15(20)12-17(14)24-18(25)6-9-23-19(21-2)22-8-3-10-27-16-7-11-26-13-16/h4-5,12,16H,3,6-11,13H2,1-2H3,(H,24,25)(H2,21,22,23). The van der Waals surface area contributed by atoms with Gasteiger partial charge in [-0.05, 0) is 37.5 Å². The minimum absolute atomic E-state index is 0.0358. The Morgan fingerprint density at radius 3 is 2.93 bits per heavy atom. The zero-order valence-electron chi connectivity index (χ0n) is 16.0. The van der Waals surface area contributed by atoms with Crippen LogP contribution in [0.15, 0.2) is 27.7 Å². The van der Waals surface area contributed by atoms with Crippen molar-refractivity contribution in [3.05, 3.63) is 28.2 Å². The SMILES string of the molecule is CN=C(NCCCOC1CCOC1)NCCC(=O)Nc1cc(Br)ccc1C. The summed E-state index contributed by atoms with van der Waals surface area (Å²) >= 11 is 3.42. The van der Waals surface area contributed by atoms with Crippen LogP contribution in [-0.2, 0) is 14.3 Å². The average Bonchev–Trinajstić information content (AvgIpc) is 3.16. The molecule has 150 valence electrons. The Morgan fingerprint density at radius 2 is 2.19 bits per heavy atom. The predicted molar refractivity (Wildman–Crippen MR) is 111 cm³/mol. The molecule has 0 radical (unpaired) electrons. The van der Waals surface area contributed by atoms with Crippen LogP contribution in [0.4, 0.5) is 5.69 Å². The number of guanidine groups is 1. The first kappa shape index (κ1) is 21.7. The molecule has 1 heterocycles. The van der Waals surface area contributed by atoms with Crippen molar-refractivity contribution in [3.63, 3.8) is 0 Å². The summed E-state index contributed by atoms with van der Waals surface area (Å²) in [6, 6.07) is 5.82. The van der Waals surface area contributed by atoms with Crippen LogP contribution in [0, 0.1) is 6.92 Å². The lowest BCUT2D eigenvalue weighted by Gasteiger charge is -2.13. The molecule has 27 heavy (non-hydrogen) atoms. The van der Waals surface area contributed by atoms with E-state index < -0.39 is 0 Å². The van der Waals surface area contributed by atoms with E-state index in [0.717, 1.165) is 41.7 Å². The molecule has 1 aliphatic rings. The zero-order valence-corrected chi connectivity index (χ0v) is 17.6. The van der Waals surface area contributed by atoms with E-state index in [1.165, 1.54) is 0 Å². The summed E-state index contributed by atoms with van der Waals surface area (Å²) in [6.07, 6.45) is 2.48. The van der Waals surface area contributed by atoms with E-state index in [1.807, 2.05) is 25.1 Å². The van der Waals surface area contributed by atoms with E-state index in [2.05, 4.69) is 36.9 Å². The molecule has 1 aromatic carbocycles. The van der Waals surface area contributed by atoms with Crippen LogP contribution in [0.5, 0.6) is 0 Å². The Bertz CT molecular complexity index is 633. The fourth-order valence-electron chi connectivity index (χ4n) is 2.63. The monoisotopic (exact) mass is 440 g/mol. The first-order valence-electron chi connectivity index (χ1n) is 9.28. The van der Waals surface area contributed by atoms with E-state index in [9.17, 15) is 4.79 Å². The number of nitrogens with zero attached hydrogens (tertiary/aromatic N) is 1. The first-order valence-corrected chi connectivity index (χ1v) is 10.1. The molecule has 7 nitrogen and oxygen atoms in total. The third-order valence-electron chi connectivity index (χ3n) is 4.20. The van der Waals surface area contributed by atoms with Gasteiger partial charge in [-0.1, -0.05) is 22.0 Å². The maximum Gasteiger partial charge on any atom is 0.226 e. The van der Waals surface area contributed by atoms with Crippen molar-refractivity contribution in [3.8, 4) is 0 Å². The first-order chi connectivity index (χ1) is 13.1. The number of nitrogens with one attached hydrogen (secondary N) is 3. The highest BCUT2D eigenvalue weighted by Crippen LogP contribution is 2.20. The number of carbonyl (C=O) groups is 1. The van der Waals surface area contributed by atoms with E-state index in [-0.39, 0.29) is 12.0 Å². The van der Waals surface area contributed by atoms with Gasteiger partial charge >= 0.3 is 0 Å². The quantitative estimate of drug-likeness (QED) is 0.312.